The average Bonchev–Trinajstić information content (AvgIpc) is 3.28. The standard InChI is InChI=1S/C28H23ClF3N5O3.ClH/c1-14-21(29)8-5-9-22(14)35-27(40)19-10-17(33-26(39)18-6-3-4-7-20(18)28(30,31)32)11-23-24(19)36-25(34-23)16-12-37(13-16)15(2)38;/h3-11,16H,12-13H2,1-2H3,(H,33,39)(H,34,36)(H,35,40);1H. The van der Waals surface area contributed by atoms with Gasteiger partial charge in [-0.15, -0.1) is 12.4 Å². The van der Waals surface area contributed by atoms with Gasteiger partial charge < -0.3 is 20.5 Å². The summed E-state index contributed by atoms with van der Waals surface area (Å²) in [6.07, 6.45) is -4.73. The molecule has 4 aromatic rings. The monoisotopic (exact) mass is 605 g/mol. The van der Waals surface area contributed by atoms with Gasteiger partial charge in [-0.25, -0.2) is 4.98 Å². The molecule has 3 N–H and O–H groups in total. The van der Waals surface area contributed by atoms with Crippen LogP contribution in [0.2, 0.25) is 5.02 Å². The number of nitrogens with one attached hydrogen (secondary N) is 3. The predicted octanol–water partition coefficient (Wildman–Crippen LogP) is 6.42. The maximum Gasteiger partial charge on any atom is 0.417 e. The van der Waals surface area contributed by atoms with Crippen LogP contribution >= 0.6 is 24.0 Å². The molecule has 214 valence electrons. The van der Waals surface area contributed by atoms with Crippen molar-refractivity contribution in [2.75, 3.05) is 23.7 Å². The number of anilines is 2. The fourth-order valence-corrected chi connectivity index (χ4v) is 4.72. The third kappa shape index (κ3) is 6.01. The predicted molar refractivity (Wildman–Crippen MR) is 152 cm³/mol. The van der Waals surface area contributed by atoms with Gasteiger partial charge in [0.15, 0.2) is 0 Å². The summed E-state index contributed by atoms with van der Waals surface area (Å²) in [5.41, 5.74) is 0.354. The van der Waals surface area contributed by atoms with E-state index in [0.717, 1.165) is 12.1 Å². The second-order valence-electron chi connectivity index (χ2n) is 9.53. The molecule has 13 heteroatoms. The lowest BCUT2D eigenvalue weighted by Crippen LogP contribution is -2.47. The molecule has 8 nitrogen and oxygen atoms in total. The van der Waals surface area contributed by atoms with Gasteiger partial charge in [-0.2, -0.15) is 13.2 Å². The van der Waals surface area contributed by atoms with E-state index in [1.807, 2.05) is 0 Å². The molecule has 1 aliphatic heterocycles. The molecule has 0 bridgehead atoms. The molecule has 1 saturated heterocycles. The number of halogens is 5. The third-order valence-electron chi connectivity index (χ3n) is 6.81. The van der Waals surface area contributed by atoms with E-state index in [4.69, 9.17) is 11.6 Å². The Bertz CT molecular complexity index is 1670. The Morgan fingerprint density at radius 2 is 1.68 bits per heavy atom. The van der Waals surface area contributed by atoms with E-state index < -0.39 is 29.1 Å². The third-order valence-corrected chi connectivity index (χ3v) is 7.22. The first-order valence-electron chi connectivity index (χ1n) is 12.3. The van der Waals surface area contributed by atoms with Crippen molar-refractivity contribution in [1.29, 1.82) is 0 Å². The van der Waals surface area contributed by atoms with Crippen molar-refractivity contribution in [2.24, 2.45) is 0 Å². The molecule has 1 aliphatic rings. The molecule has 5 rings (SSSR count). The first-order valence-corrected chi connectivity index (χ1v) is 12.6. The number of fused-ring (bicyclic) bond motifs is 1. The number of hydrogen-bond donors (Lipinski definition) is 3. The topological polar surface area (TPSA) is 107 Å². The molecule has 0 spiro atoms. The van der Waals surface area contributed by atoms with Crippen molar-refractivity contribution in [3.63, 3.8) is 0 Å². The fourth-order valence-electron chi connectivity index (χ4n) is 4.54. The van der Waals surface area contributed by atoms with Crippen molar-refractivity contribution in [3.05, 3.63) is 87.7 Å². The molecule has 1 aromatic heterocycles. The highest BCUT2D eigenvalue weighted by Crippen LogP contribution is 2.34. The lowest BCUT2D eigenvalue weighted by Gasteiger charge is -2.37. The van der Waals surface area contributed by atoms with Gasteiger partial charge in [-0.1, -0.05) is 29.8 Å². The summed E-state index contributed by atoms with van der Waals surface area (Å²) in [5, 5.41) is 5.74. The highest BCUT2D eigenvalue weighted by atomic mass is 35.5. The number of likely N-dealkylation sites (tertiary alicyclic amines) is 1. The number of nitrogens with zero attached hydrogens (tertiary/aromatic N) is 2. The van der Waals surface area contributed by atoms with Crippen LogP contribution < -0.4 is 10.6 Å². The second-order valence-corrected chi connectivity index (χ2v) is 9.93. The molecule has 3 amide bonds. The Kier molecular flexibility index (Phi) is 8.32. The summed E-state index contributed by atoms with van der Waals surface area (Å²) in [4.78, 5) is 47.4. The maximum atomic E-state index is 13.5. The van der Waals surface area contributed by atoms with Gasteiger partial charge in [0.05, 0.1) is 28.1 Å². The van der Waals surface area contributed by atoms with Crippen LogP contribution in [0.15, 0.2) is 54.6 Å². The number of benzene rings is 3. The van der Waals surface area contributed by atoms with Crippen LogP contribution in [-0.4, -0.2) is 45.7 Å². The molecule has 41 heavy (non-hydrogen) atoms. The second kappa shape index (κ2) is 11.4. The molecule has 2 heterocycles. The summed E-state index contributed by atoms with van der Waals surface area (Å²) in [7, 11) is 0. The first kappa shape index (κ1) is 29.9. The van der Waals surface area contributed by atoms with Crippen LogP contribution in [0.4, 0.5) is 24.5 Å². The van der Waals surface area contributed by atoms with Crippen LogP contribution in [0.25, 0.3) is 11.0 Å². The number of H-pyrrole nitrogens is 1. The zero-order valence-electron chi connectivity index (χ0n) is 21.7. The molecule has 0 aliphatic carbocycles. The fraction of sp³-hybridized carbons (Fsp3) is 0.214. The maximum absolute atomic E-state index is 13.5. The van der Waals surface area contributed by atoms with Crippen molar-refractivity contribution >= 4 is 64.1 Å². The Balaban J connectivity index is 0.00000387. The summed E-state index contributed by atoms with van der Waals surface area (Å²) in [6.45, 7) is 4.12. The molecule has 0 atom stereocenters. The van der Waals surface area contributed by atoms with Gasteiger partial charge >= 0.3 is 6.18 Å². The van der Waals surface area contributed by atoms with Crippen molar-refractivity contribution in [1.82, 2.24) is 14.9 Å². The van der Waals surface area contributed by atoms with E-state index in [2.05, 4.69) is 20.6 Å². The minimum Gasteiger partial charge on any atom is -0.342 e. The quantitative estimate of drug-likeness (QED) is 0.244. The van der Waals surface area contributed by atoms with Gasteiger partial charge in [0, 0.05) is 36.4 Å². The highest BCUT2D eigenvalue weighted by Gasteiger charge is 2.35. The van der Waals surface area contributed by atoms with Gasteiger partial charge in [-0.05, 0) is 48.9 Å². The summed E-state index contributed by atoms with van der Waals surface area (Å²) in [6, 6.07) is 12.3. The average molecular weight is 606 g/mol. The summed E-state index contributed by atoms with van der Waals surface area (Å²) < 4.78 is 40.5. The van der Waals surface area contributed by atoms with Crippen LogP contribution in [0.3, 0.4) is 0 Å². The highest BCUT2D eigenvalue weighted by molar-refractivity contribution is 6.31. The van der Waals surface area contributed by atoms with Crippen LogP contribution in [0.1, 0.15) is 50.5 Å². The summed E-state index contributed by atoms with van der Waals surface area (Å²) in [5.74, 6) is -1.14. The molecule has 0 saturated carbocycles. The number of rotatable bonds is 5. The van der Waals surface area contributed by atoms with E-state index in [1.165, 1.54) is 31.2 Å². The minimum absolute atomic E-state index is 0. The van der Waals surface area contributed by atoms with E-state index in [-0.39, 0.29) is 35.5 Å². The molecule has 3 aromatic carbocycles. The first-order chi connectivity index (χ1) is 18.9. The largest absolute Gasteiger partial charge is 0.417 e. The van der Waals surface area contributed by atoms with E-state index in [0.29, 0.717) is 46.2 Å². The number of aromatic amines is 1. The number of carbonyl (C=O) groups excluding carboxylic acids is 3. The van der Waals surface area contributed by atoms with Gasteiger partial charge in [0.25, 0.3) is 11.8 Å². The lowest BCUT2D eigenvalue weighted by molar-refractivity contribution is -0.138. The van der Waals surface area contributed by atoms with Gasteiger partial charge in [0.1, 0.15) is 11.3 Å². The number of imidazole rings is 1. The molecular weight excluding hydrogens is 582 g/mol. The zero-order valence-corrected chi connectivity index (χ0v) is 23.3. The van der Waals surface area contributed by atoms with Crippen LogP contribution in [0, 0.1) is 6.92 Å². The number of aromatic nitrogens is 2. The Labute approximate surface area is 243 Å². The SMILES string of the molecule is CC(=O)N1CC(c2nc3c(C(=O)Nc4cccc(Cl)c4C)cc(NC(=O)c4ccccc4C(F)(F)F)cc3[nH]2)C1.Cl. The van der Waals surface area contributed by atoms with Crippen molar-refractivity contribution < 1.29 is 27.6 Å². The molecule has 1 fully saturated rings. The van der Waals surface area contributed by atoms with Crippen LogP contribution in [-0.2, 0) is 11.0 Å². The Hall–Kier alpha value is -4.09. The molecule has 0 radical (unpaired) electrons. The minimum atomic E-state index is -4.73. The van der Waals surface area contributed by atoms with Crippen molar-refractivity contribution in [3.8, 4) is 0 Å². The normalized spacial score (nSPS) is 13.4. The van der Waals surface area contributed by atoms with Crippen LogP contribution in [0.5, 0.6) is 0 Å². The number of alkyl halides is 3. The number of hydrogen-bond acceptors (Lipinski definition) is 4. The smallest absolute Gasteiger partial charge is 0.342 e. The van der Waals surface area contributed by atoms with Crippen molar-refractivity contribution in [2.45, 2.75) is 25.9 Å². The number of carbonyl (C=O) groups is 3. The molecular formula is C28H24Cl2F3N5O3. The van der Waals surface area contributed by atoms with Gasteiger partial charge in [-0.3, -0.25) is 14.4 Å². The Morgan fingerprint density at radius 3 is 2.37 bits per heavy atom. The van der Waals surface area contributed by atoms with E-state index in [1.54, 1.807) is 30.0 Å². The zero-order chi connectivity index (χ0) is 28.8. The Morgan fingerprint density at radius 1 is 1.00 bits per heavy atom. The lowest BCUT2D eigenvalue weighted by atomic mass is 10.00. The van der Waals surface area contributed by atoms with E-state index in [9.17, 15) is 27.6 Å². The van der Waals surface area contributed by atoms with E-state index >= 15 is 0 Å². The number of amides is 3. The summed E-state index contributed by atoms with van der Waals surface area (Å²) >= 11 is 6.19. The van der Waals surface area contributed by atoms with Gasteiger partial charge in [0.2, 0.25) is 5.91 Å². The molecule has 0 unspecified atom stereocenters.